The molecular weight excluding hydrogens is 1010 g/mol. The molecule has 0 aliphatic heterocycles. The SMILES string of the molecule is N#Cc1nc2c(oc3ccc(-c4ccc5oc6ccccc6c5c4)cc32)c(C#[N+]c2cccc(-c3ccc4oc5nc(C#N)c(-n6c7cccc8c7c7c9c(cccc9ccc76)-c6ccccc6-8)c(C#N)c5c4c3)c2)c1-c1ccccc1. The average Bonchev–Trinajstić information content (AvgIpc) is 4.40. The van der Waals surface area contributed by atoms with E-state index in [0.717, 1.165) is 110 Å². The van der Waals surface area contributed by atoms with Gasteiger partial charge in [0.25, 0.3) is 0 Å². The number of para-hydroxylation sites is 1. The van der Waals surface area contributed by atoms with Crippen molar-refractivity contribution in [2.24, 2.45) is 0 Å². The Morgan fingerprint density at radius 1 is 0.402 bits per heavy atom. The lowest BCUT2D eigenvalue weighted by atomic mass is 9.93. The third-order valence-electron chi connectivity index (χ3n) is 16.3. The number of pyridine rings is 2. The van der Waals surface area contributed by atoms with Gasteiger partial charge >= 0.3 is 11.8 Å². The fourth-order valence-corrected chi connectivity index (χ4v) is 12.7. The Morgan fingerprint density at radius 2 is 1.02 bits per heavy atom. The molecule has 1 aliphatic rings. The van der Waals surface area contributed by atoms with Gasteiger partial charge in [-0.1, -0.05) is 140 Å². The second kappa shape index (κ2) is 17.0. The van der Waals surface area contributed by atoms with Crippen molar-refractivity contribution in [2.75, 3.05) is 0 Å². The number of furan rings is 3. The van der Waals surface area contributed by atoms with Crippen molar-refractivity contribution in [1.29, 1.82) is 15.8 Å². The van der Waals surface area contributed by atoms with Crippen molar-refractivity contribution in [1.82, 2.24) is 14.5 Å². The van der Waals surface area contributed by atoms with E-state index in [1.807, 2.05) is 121 Å². The standard InChI is InChI=1S/C72H34N7O3/c73-35-54-66-52-33-43(25-29-62(52)82-72(66)78-57(37-75)70(54)79-58-21-10-20-50-47-17-5-4-16-46(47)49-19-9-13-40-23-27-59(79)68(65(40)49)67(50)58)41-14-8-15-45(31-41)76-38-55-64(39-11-2-1-3-12-39)56(36-74)77-69-53-34-44(26-30-63(53)81-71(55)69)42-24-28-61-51(32-42)48-18-6-7-22-60(48)80-61/h1-34H/q+1. The van der Waals surface area contributed by atoms with Crippen molar-refractivity contribution in [3.63, 3.8) is 0 Å². The van der Waals surface area contributed by atoms with Crippen molar-refractivity contribution in [2.45, 2.75) is 0 Å². The van der Waals surface area contributed by atoms with Crippen LogP contribution in [0.2, 0.25) is 0 Å². The van der Waals surface area contributed by atoms with Crippen molar-refractivity contribution in [3.05, 3.63) is 234 Å². The van der Waals surface area contributed by atoms with Gasteiger partial charge in [0, 0.05) is 50.0 Å². The van der Waals surface area contributed by atoms with E-state index >= 15 is 0 Å². The fourth-order valence-electron chi connectivity index (χ4n) is 12.7. The predicted octanol–water partition coefficient (Wildman–Crippen LogP) is 18.7. The summed E-state index contributed by atoms with van der Waals surface area (Å²) in [7, 11) is 0. The smallest absolute Gasteiger partial charge is 0.341 e. The Hall–Kier alpha value is -12.1. The minimum absolute atomic E-state index is 0.0777. The minimum atomic E-state index is 0.0777. The maximum Gasteiger partial charge on any atom is 0.341 e. The molecule has 374 valence electrons. The number of nitrogens with zero attached hydrogens (tertiary/aromatic N) is 7. The van der Waals surface area contributed by atoms with Crippen LogP contribution >= 0.6 is 0 Å². The Morgan fingerprint density at radius 3 is 1.80 bits per heavy atom. The zero-order valence-electron chi connectivity index (χ0n) is 43.0. The number of benzene rings is 10. The molecule has 1 aliphatic carbocycles. The number of rotatable bonds is 4. The summed E-state index contributed by atoms with van der Waals surface area (Å²) >= 11 is 0. The maximum atomic E-state index is 11.4. The summed E-state index contributed by atoms with van der Waals surface area (Å²) in [6, 6.07) is 79.5. The van der Waals surface area contributed by atoms with Crippen molar-refractivity contribution >= 4 is 104 Å². The molecule has 0 fully saturated rings. The van der Waals surface area contributed by atoms with Crippen LogP contribution in [0.25, 0.3) is 165 Å². The molecule has 0 amide bonds. The highest BCUT2D eigenvalue weighted by Gasteiger charge is 2.30. The predicted molar refractivity (Wildman–Crippen MR) is 323 cm³/mol. The molecule has 0 atom stereocenters. The van der Waals surface area contributed by atoms with Crippen LogP contribution in [0.4, 0.5) is 5.69 Å². The van der Waals surface area contributed by atoms with Gasteiger partial charge in [-0.3, -0.25) is 0 Å². The van der Waals surface area contributed by atoms with E-state index in [1.54, 1.807) is 0 Å². The van der Waals surface area contributed by atoms with Crippen LogP contribution in [-0.4, -0.2) is 14.5 Å². The minimum Gasteiger partial charge on any atom is -0.456 e. The quantitative estimate of drug-likeness (QED) is 0.169. The Kier molecular flexibility index (Phi) is 9.30. The van der Waals surface area contributed by atoms with Gasteiger partial charge in [-0.25, -0.2) is 4.98 Å². The zero-order valence-corrected chi connectivity index (χ0v) is 43.0. The van der Waals surface area contributed by atoms with E-state index in [0.29, 0.717) is 55.5 Å². The molecule has 0 unspecified atom stereocenters. The third-order valence-corrected chi connectivity index (χ3v) is 16.3. The molecule has 16 aromatic rings. The molecule has 10 aromatic carbocycles. The lowest BCUT2D eigenvalue weighted by molar-refractivity contribution is 0.653. The second-order valence-electron chi connectivity index (χ2n) is 20.6. The van der Waals surface area contributed by atoms with Gasteiger partial charge in [-0.05, 0) is 120 Å². The first-order valence-electron chi connectivity index (χ1n) is 26.7. The van der Waals surface area contributed by atoms with E-state index < -0.39 is 0 Å². The highest BCUT2D eigenvalue weighted by Crippen LogP contribution is 2.51. The Bertz CT molecular complexity index is 5770. The number of nitriles is 3. The molecule has 17 rings (SSSR count). The molecule has 0 bridgehead atoms. The monoisotopic (exact) mass is 1040 g/mol. The Labute approximate surface area is 464 Å². The molecule has 0 radical (unpaired) electrons. The van der Waals surface area contributed by atoms with Gasteiger partial charge in [0.05, 0.1) is 22.0 Å². The highest BCUT2D eigenvalue weighted by atomic mass is 16.3. The number of hydrogen-bond acceptors (Lipinski definition) is 8. The molecule has 0 saturated heterocycles. The lowest BCUT2D eigenvalue weighted by Gasteiger charge is -2.15. The molecule has 0 N–H and O–H groups in total. The summed E-state index contributed by atoms with van der Waals surface area (Å²) in [6.45, 7) is 0. The van der Waals surface area contributed by atoms with Crippen LogP contribution < -0.4 is 0 Å². The van der Waals surface area contributed by atoms with Gasteiger partial charge in [0.15, 0.2) is 22.5 Å². The van der Waals surface area contributed by atoms with E-state index in [2.05, 4.69) is 114 Å². The van der Waals surface area contributed by atoms with Crippen LogP contribution in [0.15, 0.2) is 220 Å². The summed E-state index contributed by atoms with van der Waals surface area (Å²) < 4.78 is 21.3. The maximum absolute atomic E-state index is 11.4. The van der Waals surface area contributed by atoms with Crippen LogP contribution in [0.3, 0.4) is 0 Å². The summed E-state index contributed by atoms with van der Waals surface area (Å²) in [6.07, 6.45) is 0. The molecule has 0 spiro atoms. The van der Waals surface area contributed by atoms with Crippen molar-refractivity contribution < 1.29 is 13.3 Å². The first kappa shape index (κ1) is 45.0. The third kappa shape index (κ3) is 6.35. The van der Waals surface area contributed by atoms with Crippen LogP contribution in [0.5, 0.6) is 0 Å². The highest BCUT2D eigenvalue weighted by molar-refractivity contribution is 6.30. The lowest BCUT2D eigenvalue weighted by Crippen LogP contribution is -2.04. The number of fused-ring (bicyclic) bond motifs is 12. The van der Waals surface area contributed by atoms with Gasteiger partial charge in [-0.2, -0.15) is 20.8 Å². The van der Waals surface area contributed by atoms with Crippen LogP contribution in [0.1, 0.15) is 22.5 Å². The number of aromatic nitrogens is 3. The fraction of sp³-hybridized carbons (Fsp3) is 0. The first-order valence-corrected chi connectivity index (χ1v) is 26.7. The molecule has 82 heavy (non-hydrogen) atoms. The largest absolute Gasteiger partial charge is 0.456 e. The topological polar surface area (TPSA) is 146 Å². The molecule has 10 nitrogen and oxygen atoms in total. The first-order chi connectivity index (χ1) is 40.5. The average molecular weight is 1050 g/mol. The second-order valence-corrected chi connectivity index (χ2v) is 20.6. The molecular formula is C72H34N7O3+. The van der Waals surface area contributed by atoms with Gasteiger partial charge in [0.1, 0.15) is 51.7 Å². The van der Waals surface area contributed by atoms with Crippen LogP contribution in [-0.2, 0) is 0 Å². The molecule has 10 heteroatoms. The van der Waals surface area contributed by atoms with Gasteiger partial charge in [0.2, 0.25) is 5.71 Å². The summed E-state index contributed by atoms with van der Waals surface area (Å²) in [5.41, 5.74) is 17.1. The molecule has 6 aromatic heterocycles. The van der Waals surface area contributed by atoms with Crippen molar-refractivity contribution in [3.8, 4) is 85.6 Å². The Balaban J connectivity index is 0.811. The van der Waals surface area contributed by atoms with Gasteiger partial charge < -0.3 is 17.8 Å². The van der Waals surface area contributed by atoms with Crippen LogP contribution in [0, 0.1) is 40.1 Å². The zero-order chi connectivity index (χ0) is 54.3. The van der Waals surface area contributed by atoms with E-state index in [9.17, 15) is 15.8 Å². The summed E-state index contributed by atoms with van der Waals surface area (Å²) in [5, 5.41) is 41.4. The van der Waals surface area contributed by atoms with E-state index in [-0.39, 0.29) is 22.7 Å². The molecule has 0 saturated carbocycles. The van der Waals surface area contributed by atoms with E-state index in [1.165, 1.54) is 0 Å². The van der Waals surface area contributed by atoms with Gasteiger partial charge in [-0.15, -0.1) is 0 Å². The van der Waals surface area contributed by atoms with E-state index in [4.69, 9.17) is 28.1 Å². The normalized spacial score (nSPS) is 11.8. The number of hydrogen-bond donors (Lipinski definition) is 0. The molecule has 6 heterocycles. The summed E-state index contributed by atoms with van der Waals surface area (Å²) in [5.74, 6) is 0. The summed E-state index contributed by atoms with van der Waals surface area (Å²) in [4.78, 5) is 14.8.